The van der Waals surface area contributed by atoms with Crippen molar-refractivity contribution >= 4 is 18.9 Å². The minimum Gasteiger partial charge on any atom is -0.461 e. The number of anilines is 1. The second-order valence-electron chi connectivity index (χ2n) is 3.39. The van der Waals surface area contributed by atoms with Crippen molar-refractivity contribution in [2.75, 3.05) is 32.1 Å². The molecule has 4 heteroatoms. The van der Waals surface area contributed by atoms with Crippen molar-refractivity contribution in [2.45, 2.75) is 0 Å². The summed E-state index contributed by atoms with van der Waals surface area (Å²) in [7, 11) is -0.218. The van der Waals surface area contributed by atoms with Gasteiger partial charge >= 0.3 is 0 Å². The van der Waals surface area contributed by atoms with Crippen LogP contribution in [0.25, 0.3) is 0 Å². The lowest BCUT2D eigenvalue weighted by atomic mass is 10.3. The maximum Gasteiger partial charge on any atom is 0.228 e. The van der Waals surface area contributed by atoms with Crippen LogP contribution < -0.4 is 15.4 Å². The molecule has 1 N–H and O–H groups in total. The fraction of sp³-hybridized carbons (Fsp3) is 0.333. The Hall–Kier alpha value is -1.26. The molecule has 2 nitrogen and oxygen atoms in total. The van der Waals surface area contributed by atoms with Crippen molar-refractivity contribution in [3.8, 4) is 18.1 Å². The van der Waals surface area contributed by atoms with Gasteiger partial charge in [-0.15, -0.1) is 6.42 Å². The topological polar surface area (TPSA) is 21.3 Å². The highest BCUT2D eigenvalue weighted by Crippen LogP contribution is 2.30. The molecule has 0 atom stereocenters. The lowest BCUT2D eigenvalue weighted by Crippen LogP contribution is -2.06. The molecule has 0 saturated carbocycles. The molecular formula is C12H15FNOP. The highest BCUT2D eigenvalue weighted by molar-refractivity contribution is 7.64. The molecule has 1 rings (SSSR count). The summed E-state index contributed by atoms with van der Waals surface area (Å²) in [6.45, 7) is 3.84. The van der Waals surface area contributed by atoms with Gasteiger partial charge in [0, 0.05) is 0 Å². The highest BCUT2D eigenvalue weighted by Gasteiger charge is 2.06. The van der Waals surface area contributed by atoms with Gasteiger partial charge in [-0.05, 0) is 30.8 Å². The van der Waals surface area contributed by atoms with Crippen molar-refractivity contribution in [3.05, 3.63) is 18.2 Å². The lowest BCUT2D eigenvalue weighted by molar-refractivity contribution is 0.193. The average Bonchev–Trinajstić information content (AvgIpc) is 2.27. The van der Waals surface area contributed by atoms with Crippen molar-refractivity contribution in [3.63, 3.8) is 0 Å². The van der Waals surface area contributed by atoms with Gasteiger partial charge in [0.15, 0.2) is 0 Å². The third-order valence-corrected chi connectivity index (χ3v) is 3.38. The molecule has 1 aromatic carbocycles. The number of hydrogen-bond acceptors (Lipinski definition) is 2. The van der Waals surface area contributed by atoms with E-state index in [1.54, 1.807) is 0 Å². The van der Waals surface area contributed by atoms with Gasteiger partial charge in [0.2, 0.25) is 6.86 Å². The third-order valence-electron chi connectivity index (χ3n) is 2.07. The number of ether oxygens (including phenoxy) is 1. The van der Waals surface area contributed by atoms with Gasteiger partial charge in [-0.3, -0.25) is 0 Å². The Labute approximate surface area is 96.9 Å². The first-order valence-electron chi connectivity index (χ1n) is 4.86. The van der Waals surface area contributed by atoms with Crippen molar-refractivity contribution in [1.82, 2.24) is 0 Å². The van der Waals surface area contributed by atoms with Crippen LogP contribution >= 0.6 is 7.92 Å². The molecule has 0 bridgehead atoms. The van der Waals surface area contributed by atoms with Crippen LogP contribution in [-0.4, -0.2) is 26.7 Å². The first-order chi connectivity index (χ1) is 7.69. The lowest BCUT2D eigenvalue weighted by Gasteiger charge is -2.13. The van der Waals surface area contributed by atoms with Crippen LogP contribution in [0.1, 0.15) is 0 Å². The molecule has 0 fully saturated rings. The Bertz CT molecular complexity index is 387. The Balaban J connectivity index is 2.95. The van der Waals surface area contributed by atoms with E-state index in [4.69, 9.17) is 11.2 Å². The largest absolute Gasteiger partial charge is 0.461 e. The van der Waals surface area contributed by atoms with Gasteiger partial charge in [0.25, 0.3) is 0 Å². The molecule has 0 aliphatic heterocycles. The Kier molecular flexibility index (Phi) is 5.08. The van der Waals surface area contributed by atoms with Gasteiger partial charge < -0.3 is 10.1 Å². The van der Waals surface area contributed by atoms with E-state index in [0.29, 0.717) is 12.3 Å². The number of hydrogen-bond donors (Lipinski definition) is 1. The normalized spacial score (nSPS) is 9.94. The molecule has 0 radical (unpaired) electrons. The highest BCUT2D eigenvalue weighted by atomic mass is 31.1. The van der Waals surface area contributed by atoms with E-state index in [2.05, 4.69) is 24.6 Å². The van der Waals surface area contributed by atoms with Crippen LogP contribution in [-0.2, 0) is 0 Å². The fourth-order valence-electron chi connectivity index (χ4n) is 1.26. The SMILES string of the molecule is C#CCNc1ccc(P(C)C)cc1OCF. The number of halogens is 1. The van der Waals surface area contributed by atoms with Gasteiger partial charge in [-0.2, -0.15) is 0 Å². The van der Waals surface area contributed by atoms with Gasteiger partial charge in [0.05, 0.1) is 12.2 Å². The minimum absolute atomic E-state index is 0.218. The zero-order chi connectivity index (χ0) is 12.0. The van der Waals surface area contributed by atoms with Gasteiger partial charge in [-0.1, -0.05) is 19.9 Å². The van der Waals surface area contributed by atoms with E-state index in [9.17, 15) is 4.39 Å². The number of terminal acetylenes is 1. The van der Waals surface area contributed by atoms with Gasteiger partial charge in [0.1, 0.15) is 5.75 Å². The molecule has 1 aromatic rings. The smallest absolute Gasteiger partial charge is 0.228 e. The first kappa shape index (κ1) is 12.8. The predicted molar refractivity (Wildman–Crippen MR) is 68.8 cm³/mol. The average molecular weight is 239 g/mol. The van der Waals surface area contributed by atoms with E-state index in [1.807, 2.05) is 18.2 Å². The molecular weight excluding hydrogens is 224 g/mol. The van der Waals surface area contributed by atoms with Crippen LogP contribution in [0, 0.1) is 12.3 Å². The van der Waals surface area contributed by atoms with Crippen LogP contribution in [0.4, 0.5) is 10.1 Å². The summed E-state index contributed by atoms with van der Waals surface area (Å²) < 4.78 is 17.2. The van der Waals surface area contributed by atoms with E-state index in [-0.39, 0.29) is 7.92 Å². The summed E-state index contributed by atoms with van der Waals surface area (Å²) in [5.74, 6) is 2.99. The van der Waals surface area contributed by atoms with Crippen molar-refractivity contribution in [2.24, 2.45) is 0 Å². The van der Waals surface area contributed by atoms with Gasteiger partial charge in [-0.25, -0.2) is 4.39 Å². The molecule has 0 aromatic heterocycles. The Morgan fingerprint density at radius 1 is 1.50 bits per heavy atom. The van der Waals surface area contributed by atoms with E-state index < -0.39 is 6.86 Å². The van der Waals surface area contributed by atoms with Crippen molar-refractivity contribution < 1.29 is 9.13 Å². The van der Waals surface area contributed by atoms with E-state index in [1.165, 1.54) is 5.30 Å². The zero-order valence-electron chi connectivity index (χ0n) is 9.46. The Morgan fingerprint density at radius 2 is 2.25 bits per heavy atom. The zero-order valence-corrected chi connectivity index (χ0v) is 10.4. The van der Waals surface area contributed by atoms with Crippen LogP contribution in [0.15, 0.2) is 18.2 Å². The van der Waals surface area contributed by atoms with E-state index in [0.717, 1.165) is 5.69 Å². The summed E-state index contributed by atoms with van der Waals surface area (Å²) in [4.78, 5) is 0. The molecule has 0 saturated heterocycles. The second-order valence-corrected chi connectivity index (χ2v) is 5.69. The monoisotopic (exact) mass is 239 g/mol. The van der Waals surface area contributed by atoms with Crippen LogP contribution in [0.3, 0.4) is 0 Å². The molecule has 86 valence electrons. The summed E-state index contributed by atoms with van der Waals surface area (Å²) >= 11 is 0. The summed E-state index contributed by atoms with van der Waals surface area (Å²) in [5, 5.41) is 4.16. The maximum absolute atomic E-state index is 12.2. The molecule has 16 heavy (non-hydrogen) atoms. The molecule has 0 unspecified atom stereocenters. The third kappa shape index (κ3) is 3.40. The molecule has 0 spiro atoms. The number of rotatable bonds is 5. The second kappa shape index (κ2) is 6.35. The minimum atomic E-state index is -0.834. The maximum atomic E-state index is 12.2. The fourth-order valence-corrected chi connectivity index (χ4v) is 2.01. The first-order valence-corrected chi connectivity index (χ1v) is 7.10. The summed E-state index contributed by atoms with van der Waals surface area (Å²) in [6.07, 6.45) is 5.15. The number of nitrogens with one attached hydrogen (secondary N) is 1. The van der Waals surface area contributed by atoms with E-state index >= 15 is 0 Å². The predicted octanol–water partition coefficient (Wildman–Crippen LogP) is 2.40. The van der Waals surface area contributed by atoms with Crippen LogP contribution in [0.2, 0.25) is 0 Å². The molecule has 0 aliphatic rings. The van der Waals surface area contributed by atoms with Crippen LogP contribution in [0.5, 0.6) is 5.75 Å². The quantitative estimate of drug-likeness (QED) is 0.629. The number of benzene rings is 1. The molecule has 0 amide bonds. The Morgan fingerprint density at radius 3 is 2.81 bits per heavy atom. The molecule has 0 heterocycles. The summed E-state index contributed by atoms with van der Waals surface area (Å²) in [6, 6.07) is 5.75. The summed E-state index contributed by atoms with van der Waals surface area (Å²) in [5.41, 5.74) is 0.733. The number of alkyl halides is 1. The standard InChI is InChI=1S/C12H15FNOP/c1-4-7-14-11-6-5-10(16(2)3)8-12(11)15-9-13/h1,5-6,8,14H,7,9H2,2-3H3. The molecule has 0 aliphatic carbocycles. The van der Waals surface area contributed by atoms with Crippen molar-refractivity contribution in [1.29, 1.82) is 0 Å².